The van der Waals surface area contributed by atoms with Crippen LogP contribution in [-0.4, -0.2) is 68.8 Å². The monoisotopic (exact) mass is 372 g/mol. The normalized spacial score (nSPS) is 15.5. The van der Waals surface area contributed by atoms with Crippen molar-refractivity contribution < 1.29 is 4.79 Å². The van der Waals surface area contributed by atoms with E-state index in [0.717, 1.165) is 32.0 Å². The highest BCUT2D eigenvalue weighted by Crippen LogP contribution is 2.15. The van der Waals surface area contributed by atoms with Gasteiger partial charge in [-0.2, -0.15) is 4.52 Å². The van der Waals surface area contributed by atoms with Gasteiger partial charge in [-0.25, -0.2) is 4.98 Å². The number of thiazole rings is 1. The van der Waals surface area contributed by atoms with E-state index in [9.17, 15) is 4.79 Å². The number of fused-ring (bicyclic) bond motifs is 1. The summed E-state index contributed by atoms with van der Waals surface area (Å²) in [4.78, 5) is 20.7. The number of amides is 1. The molecule has 1 amide bonds. The number of nitrogens with zero attached hydrogens (tertiary/aromatic N) is 7. The maximum Gasteiger partial charge on any atom is 0.226 e. The van der Waals surface area contributed by atoms with Crippen molar-refractivity contribution in [2.75, 3.05) is 43.4 Å². The summed E-state index contributed by atoms with van der Waals surface area (Å²) >= 11 is 1.40. The van der Waals surface area contributed by atoms with Gasteiger partial charge in [-0.1, -0.05) is 0 Å². The fourth-order valence-corrected chi connectivity index (χ4v) is 3.42. The first-order valence-corrected chi connectivity index (χ1v) is 9.41. The standard InChI is InChI=1S/C16H20N8OS/c1-22-7-9-23(10-8-22)14-3-2-12-19-20-13(24(12)21-14)4-5-15(25)18-16-17-6-11-26-16/h2-3,6,11H,4-5,7-10H2,1H3,(H,17,18,25). The van der Waals surface area contributed by atoms with Crippen molar-refractivity contribution >= 4 is 33.8 Å². The minimum Gasteiger partial charge on any atom is -0.353 e. The number of aryl methyl sites for hydroxylation is 1. The van der Waals surface area contributed by atoms with Crippen LogP contribution in [0.15, 0.2) is 23.7 Å². The van der Waals surface area contributed by atoms with Gasteiger partial charge in [-0.3, -0.25) is 4.79 Å². The van der Waals surface area contributed by atoms with Gasteiger partial charge < -0.3 is 15.1 Å². The zero-order chi connectivity index (χ0) is 17.9. The van der Waals surface area contributed by atoms with Crippen LogP contribution in [0.5, 0.6) is 0 Å². The van der Waals surface area contributed by atoms with Crippen LogP contribution in [0.1, 0.15) is 12.2 Å². The van der Waals surface area contributed by atoms with Crippen molar-refractivity contribution in [1.82, 2.24) is 29.7 Å². The Morgan fingerprint density at radius 2 is 2.08 bits per heavy atom. The molecule has 136 valence electrons. The van der Waals surface area contributed by atoms with E-state index >= 15 is 0 Å². The van der Waals surface area contributed by atoms with Gasteiger partial charge in [-0.15, -0.1) is 26.6 Å². The van der Waals surface area contributed by atoms with Crippen molar-refractivity contribution in [2.24, 2.45) is 0 Å². The SMILES string of the molecule is CN1CCN(c2ccc3nnc(CCC(=O)Nc4nccs4)n3n2)CC1. The van der Waals surface area contributed by atoms with E-state index < -0.39 is 0 Å². The summed E-state index contributed by atoms with van der Waals surface area (Å²) in [5, 5.41) is 18.3. The summed E-state index contributed by atoms with van der Waals surface area (Å²) in [6, 6.07) is 3.90. The third-order valence-corrected chi connectivity index (χ3v) is 5.08. The Labute approximate surface area is 154 Å². The van der Waals surface area contributed by atoms with Crippen LogP contribution in [0.4, 0.5) is 10.9 Å². The molecule has 0 aliphatic carbocycles. The van der Waals surface area contributed by atoms with E-state index in [1.165, 1.54) is 11.3 Å². The number of hydrogen-bond acceptors (Lipinski definition) is 8. The quantitative estimate of drug-likeness (QED) is 0.711. The third kappa shape index (κ3) is 3.65. The zero-order valence-corrected chi connectivity index (χ0v) is 15.3. The Morgan fingerprint density at radius 1 is 1.23 bits per heavy atom. The third-order valence-electron chi connectivity index (χ3n) is 4.39. The van der Waals surface area contributed by atoms with Crippen LogP contribution >= 0.6 is 11.3 Å². The van der Waals surface area contributed by atoms with Crippen LogP contribution in [0, 0.1) is 0 Å². The first-order valence-electron chi connectivity index (χ1n) is 8.53. The molecule has 10 heteroatoms. The Bertz CT molecular complexity index is 885. The number of carbonyl (C=O) groups excluding carboxylic acids is 1. The molecule has 0 bridgehead atoms. The summed E-state index contributed by atoms with van der Waals surface area (Å²) in [5.41, 5.74) is 0.693. The highest BCUT2D eigenvalue weighted by atomic mass is 32.1. The lowest BCUT2D eigenvalue weighted by Crippen LogP contribution is -2.45. The molecule has 4 rings (SSSR count). The summed E-state index contributed by atoms with van der Waals surface area (Å²) in [6.45, 7) is 3.93. The predicted octanol–water partition coefficient (Wildman–Crippen LogP) is 0.904. The molecule has 3 aromatic heterocycles. The molecule has 1 aliphatic rings. The molecule has 0 spiro atoms. The van der Waals surface area contributed by atoms with E-state index in [1.807, 2.05) is 17.5 Å². The summed E-state index contributed by atoms with van der Waals surface area (Å²) in [5.74, 6) is 1.51. The van der Waals surface area contributed by atoms with Crippen LogP contribution in [0.3, 0.4) is 0 Å². The molecule has 0 saturated carbocycles. The van der Waals surface area contributed by atoms with Crippen LogP contribution in [0.2, 0.25) is 0 Å². The first kappa shape index (κ1) is 16.9. The second kappa shape index (κ2) is 7.34. The lowest BCUT2D eigenvalue weighted by Gasteiger charge is -2.33. The summed E-state index contributed by atoms with van der Waals surface area (Å²) < 4.78 is 1.74. The number of nitrogens with one attached hydrogen (secondary N) is 1. The van der Waals surface area contributed by atoms with Crippen LogP contribution < -0.4 is 10.2 Å². The fourth-order valence-electron chi connectivity index (χ4n) is 2.88. The Morgan fingerprint density at radius 3 is 2.85 bits per heavy atom. The highest BCUT2D eigenvalue weighted by molar-refractivity contribution is 7.13. The maximum atomic E-state index is 12.1. The molecular formula is C16H20N8OS. The van der Waals surface area contributed by atoms with Crippen molar-refractivity contribution in [2.45, 2.75) is 12.8 Å². The molecule has 1 saturated heterocycles. The van der Waals surface area contributed by atoms with Gasteiger partial charge in [0.05, 0.1) is 0 Å². The lowest BCUT2D eigenvalue weighted by molar-refractivity contribution is -0.116. The number of aromatic nitrogens is 5. The van der Waals surface area contributed by atoms with Gasteiger partial charge in [0.15, 0.2) is 16.6 Å². The Kier molecular flexibility index (Phi) is 4.76. The van der Waals surface area contributed by atoms with E-state index in [2.05, 4.69) is 37.3 Å². The average Bonchev–Trinajstić information content (AvgIpc) is 3.30. The highest BCUT2D eigenvalue weighted by Gasteiger charge is 2.17. The van der Waals surface area contributed by atoms with Crippen LogP contribution in [0.25, 0.3) is 5.65 Å². The fraction of sp³-hybridized carbons (Fsp3) is 0.438. The average molecular weight is 372 g/mol. The molecular weight excluding hydrogens is 352 g/mol. The molecule has 1 fully saturated rings. The predicted molar refractivity (Wildman–Crippen MR) is 99.6 cm³/mol. The molecule has 0 atom stereocenters. The number of anilines is 2. The van der Waals surface area contributed by atoms with E-state index in [4.69, 9.17) is 5.10 Å². The smallest absolute Gasteiger partial charge is 0.226 e. The largest absolute Gasteiger partial charge is 0.353 e. The molecule has 1 N–H and O–H groups in total. The number of hydrogen-bond donors (Lipinski definition) is 1. The van der Waals surface area contributed by atoms with Gasteiger partial charge in [0.25, 0.3) is 0 Å². The number of carbonyl (C=O) groups is 1. The molecule has 3 aromatic rings. The van der Waals surface area contributed by atoms with Gasteiger partial charge in [0.2, 0.25) is 5.91 Å². The number of likely N-dealkylation sites (N-methyl/N-ethyl adjacent to an activating group) is 1. The van der Waals surface area contributed by atoms with Gasteiger partial charge in [-0.05, 0) is 19.2 Å². The van der Waals surface area contributed by atoms with Crippen molar-refractivity contribution in [3.05, 3.63) is 29.5 Å². The summed E-state index contributed by atoms with van der Waals surface area (Å²) in [7, 11) is 2.13. The molecule has 0 unspecified atom stereocenters. The minimum absolute atomic E-state index is 0.0908. The van der Waals surface area contributed by atoms with Crippen LogP contribution in [-0.2, 0) is 11.2 Å². The Balaban J connectivity index is 1.45. The van der Waals surface area contributed by atoms with E-state index in [-0.39, 0.29) is 5.91 Å². The van der Waals surface area contributed by atoms with E-state index in [0.29, 0.717) is 29.4 Å². The van der Waals surface area contributed by atoms with E-state index in [1.54, 1.807) is 10.7 Å². The first-order chi connectivity index (χ1) is 12.7. The van der Waals surface area contributed by atoms with Crippen molar-refractivity contribution in [3.8, 4) is 0 Å². The second-order valence-electron chi connectivity index (χ2n) is 6.25. The maximum absolute atomic E-state index is 12.1. The molecule has 0 aromatic carbocycles. The molecule has 4 heterocycles. The molecule has 1 aliphatic heterocycles. The van der Waals surface area contributed by atoms with Crippen molar-refractivity contribution in [1.29, 1.82) is 0 Å². The molecule has 9 nitrogen and oxygen atoms in total. The van der Waals surface area contributed by atoms with Gasteiger partial charge >= 0.3 is 0 Å². The second-order valence-corrected chi connectivity index (χ2v) is 7.15. The summed E-state index contributed by atoms with van der Waals surface area (Å²) in [6.07, 6.45) is 2.44. The number of rotatable bonds is 5. The minimum atomic E-state index is -0.0908. The lowest BCUT2D eigenvalue weighted by atomic mass is 10.3. The zero-order valence-electron chi connectivity index (χ0n) is 14.5. The van der Waals surface area contributed by atoms with Crippen molar-refractivity contribution in [3.63, 3.8) is 0 Å². The topological polar surface area (TPSA) is 91.5 Å². The molecule has 26 heavy (non-hydrogen) atoms. The van der Waals surface area contributed by atoms with Gasteiger partial charge in [0.1, 0.15) is 5.82 Å². The van der Waals surface area contributed by atoms with Gasteiger partial charge in [0, 0.05) is 50.6 Å². The number of piperazine rings is 1. The Hall–Kier alpha value is -2.59. The molecule has 0 radical (unpaired) electrons.